The number of hydrogen-bond donors (Lipinski definition) is 1. The van der Waals surface area contributed by atoms with Crippen LogP contribution in [0, 0.1) is 0 Å². The molecule has 9 heavy (non-hydrogen) atoms. The zero-order chi connectivity index (χ0) is 6.69. The van der Waals surface area contributed by atoms with Crippen molar-refractivity contribution in [2.45, 2.75) is 18.9 Å². The van der Waals surface area contributed by atoms with Gasteiger partial charge in [0, 0.05) is 19.1 Å². The highest BCUT2D eigenvalue weighted by atomic mass is 16.1. The van der Waals surface area contributed by atoms with Crippen LogP contribution in [0.3, 0.4) is 0 Å². The highest BCUT2D eigenvalue weighted by Gasteiger charge is 2.13. The predicted octanol–water partition coefficient (Wildman–Crippen LogP) is -0.434. The highest BCUT2D eigenvalue weighted by Crippen LogP contribution is 2.04. The molecule has 1 heterocycles. The number of rotatable bonds is 1. The molecule has 1 aliphatic rings. The first-order chi connectivity index (χ1) is 4.33. The molecule has 1 atom stereocenters. The number of nitrogens with zero attached hydrogens (tertiary/aromatic N) is 1. The van der Waals surface area contributed by atoms with Gasteiger partial charge in [0.25, 0.3) is 0 Å². The van der Waals surface area contributed by atoms with E-state index in [9.17, 15) is 4.79 Å². The molecule has 1 amide bonds. The zero-order valence-corrected chi connectivity index (χ0v) is 5.42. The van der Waals surface area contributed by atoms with Crippen LogP contribution in [0.15, 0.2) is 0 Å². The Bertz CT molecular complexity index is 105. The summed E-state index contributed by atoms with van der Waals surface area (Å²) in [7, 11) is 0. The largest absolute Gasteiger partial charge is 0.344 e. The predicted molar refractivity (Wildman–Crippen MR) is 34.8 cm³/mol. The molecule has 0 aromatic carbocycles. The lowest BCUT2D eigenvalue weighted by molar-refractivity contribution is -0.119. The van der Waals surface area contributed by atoms with Crippen molar-refractivity contribution in [2.24, 2.45) is 5.73 Å². The van der Waals surface area contributed by atoms with Crippen LogP contribution in [0.4, 0.5) is 0 Å². The number of amides is 1. The Morgan fingerprint density at radius 3 is 2.89 bits per heavy atom. The number of likely N-dealkylation sites (tertiary alicyclic amines) is 1. The second-order valence-electron chi connectivity index (χ2n) is 2.50. The molecule has 1 fully saturated rings. The van der Waals surface area contributed by atoms with Crippen LogP contribution in [-0.2, 0) is 4.79 Å². The maximum absolute atomic E-state index is 10.2. The van der Waals surface area contributed by atoms with Crippen LogP contribution >= 0.6 is 0 Å². The molecule has 0 radical (unpaired) electrons. The lowest BCUT2D eigenvalue weighted by atomic mass is 10.1. The minimum absolute atomic E-state index is 0.212. The Labute approximate surface area is 54.8 Å². The molecular weight excluding hydrogens is 116 g/mol. The van der Waals surface area contributed by atoms with Crippen LogP contribution in [0.25, 0.3) is 0 Å². The molecule has 1 saturated heterocycles. The van der Waals surface area contributed by atoms with Crippen LogP contribution in [0.5, 0.6) is 0 Å². The van der Waals surface area contributed by atoms with E-state index in [1.807, 2.05) is 0 Å². The summed E-state index contributed by atoms with van der Waals surface area (Å²) in [6, 6.07) is 0.212. The number of nitrogens with two attached hydrogens (primary N) is 1. The Hall–Kier alpha value is -0.570. The number of piperidine rings is 1. The molecule has 0 aliphatic carbocycles. The number of carbonyl (C=O) groups is 1. The fourth-order valence-corrected chi connectivity index (χ4v) is 1.14. The second-order valence-corrected chi connectivity index (χ2v) is 2.50. The summed E-state index contributed by atoms with van der Waals surface area (Å²) in [5.41, 5.74) is 5.60. The fourth-order valence-electron chi connectivity index (χ4n) is 1.14. The van der Waals surface area contributed by atoms with Gasteiger partial charge in [0.05, 0.1) is 0 Å². The Balaban J connectivity index is 2.31. The van der Waals surface area contributed by atoms with Gasteiger partial charge in [0.2, 0.25) is 6.41 Å². The molecule has 1 aliphatic heterocycles. The number of hydrogen-bond acceptors (Lipinski definition) is 2. The molecule has 0 spiro atoms. The van der Waals surface area contributed by atoms with Crippen molar-refractivity contribution in [3.63, 3.8) is 0 Å². The second kappa shape index (κ2) is 2.82. The lowest BCUT2D eigenvalue weighted by Gasteiger charge is -2.26. The van der Waals surface area contributed by atoms with Crippen molar-refractivity contribution in [1.82, 2.24) is 4.90 Å². The fraction of sp³-hybridized carbons (Fsp3) is 0.833. The van der Waals surface area contributed by atoms with Crippen molar-refractivity contribution in [1.29, 1.82) is 0 Å². The molecule has 0 bridgehead atoms. The molecular formula is C6H12N2O. The Morgan fingerprint density at radius 2 is 2.44 bits per heavy atom. The summed E-state index contributed by atoms with van der Waals surface area (Å²) in [6.07, 6.45) is 2.99. The maximum Gasteiger partial charge on any atom is 0.209 e. The topological polar surface area (TPSA) is 46.3 Å². The van der Waals surface area contributed by atoms with Crippen LogP contribution in [-0.4, -0.2) is 30.4 Å². The molecule has 3 nitrogen and oxygen atoms in total. The Morgan fingerprint density at radius 1 is 1.67 bits per heavy atom. The van der Waals surface area contributed by atoms with E-state index in [-0.39, 0.29) is 6.04 Å². The van der Waals surface area contributed by atoms with Gasteiger partial charge in [0.1, 0.15) is 0 Å². The molecule has 3 heteroatoms. The van der Waals surface area contributed by atoms with Crippen LogP contribution in [0.2, 0.25) is 0 Å². The molecule has 1 rings (SSSR count). The minimum atomic E-state index is 0.212. The van der Waals surface area contributed by atoms with Crippen molar-refractivity contribution in [3.8, 4) is 0 Å². The SMILES string of the molecule is N[C@H]1CCCN(C=O)C1. The Kier molecular flexibility index (Phi) is 2.05. The number of carbonyl (C=O) groups excluding carboxylic acids is 1. The third-order valence-electron chi connectivity index (χ3n) is 1.64. The van der Waals surface area contributed by atoms with E-state index < -0.39 is 0 Å². The normalized spacial score (nSPS) is 28.1. The van der Waals surface area contributed by atoms with Gasteiger partial charge in [0.15, 0.2) is 0 Å². The average molecular weight is 128 g/mol. The third-order valence-corrected chi connectivity index (χ3v) is 1.64. The first-order valence-electron chi connectivity index (χ1n) is 3.28. The van der Waals surface area contributed by atoms with Gasteiger partial charge < -0.3 is 10.6 Å². The van der Waals surface area contributed by atoms with E-state index >= 15 is 0 Å². The van der Waals surface area contributed by atoms with Gasteiger partial charge in [-0.15, -0.1) is 0 Å². The summed E-state index contributed by atoms with van der Waals surface area (Å²) in [4.78, 5) is 11.9. The van der Waals surface area contributed by atoms with E-state index in [0.29, 0.717) is 0 Å². The average Bonchev–Trinajstić information content (AvgIpc) is 1.88. The van der Waals surface area contributed by atoms with Gasteiger partial charge in [-0.05, 0) is 12.8 Å². The maximum atomic E-state index is 10.2. The molecule has 2 N–H and O–H groups in total. The van der Waals surface area contributed by atoms with E-state index in [0.717, 1.165) is 32.3 Å². The zero-order valence-electron chi connectivity index (χ0n) is 5.42. The quantitative estimate of drug-likeness (QED) is 0.487. The summed E-state index contributed by atoms with van der Waals surface area (Å²) >= 11 is 0. The summed E-state index contributed by atoms with van der Waals surface area (Å²) in [6.45, 7) is 1.63. The van der Waals surface area contributed by atoms with Crippen molar-refractivity contribution in [3.05, 3.63) is 0 Å². The molecule has 52 valence electrons. The lowest BCUT2D eigenvalue weighted by Crippen LogP contribution is -2.41. The monoisotopic (exact) mass is 128 g/mol. The summed E-state index contributed by atoms with van der Waals surface area (Å²) in [5.74, 6) is 0. The van der Waals surface area contributed by atoms with Gasteiger partial charge >= 0.3 is 0 Å². The van der Waals surface area contributed by atoms with E-state index in [4.69, 9.17) is 5.73 Å². The van der Waals surface area contributed by atoms with Crippen LogP contribution in [0.1, 0.15) is 12.8 Å². The van der Waals surface area contributed by atoms with E-state index in [1.54, 1.807) is 4.90 Å². The summed E-state index contributed by atoms with van der Waals surface area (Å²) < 4.78 is 0. The van der Waals surface area contributed by atoms with E-state index in [2.05, 4.69) is 0 Å². The first kappa shape index (κ1) is 6.55. The third kappa shape index (κ3) is 1.68. The summed E-state index contributed by atoms with van der Waals surface area (Å²) in [5, 5.41) is 0. The van der Waals surface area contributed by atoms with Crippen molar-refractivity contribution < 1.29 is 4.79 Å². The molecule has 0 aromatic heterocycles. The molecule has 0 saturated carbocycles. The first-order valence-corrected chi connectivity index (χ1v) is 3.28. The van der Waals surface area contributed by atoms with Gasteiger partial charge in [-0.1, -0.05) is 0 Å². The molecule has 0 aromatic rings. The smallest absolute Gasteiger partial charge is 0.209 e. The van der Waals surface area contributed by atoms with Gasteiger partial charge in [-0.25, -0.2) is 0 Å². The van der Waals surface area contributed by atoms with Gasteiger partial charge in [-0.2, -0.15) is 0 Å². The standard InChI is InChI=1S/C6H12N2O/c7-6-2-1-3-8(4-6)5-9/h5-6H,1-4,7H2/t6-/m0/s1. The van der Waals surface area contributed by atoms with Crippen molar-refractivity contribution in [2.75, 3.05) is 13.1 Å². The molecule has 0 unspecified atom stereocenters. The minimum Gasteiger partial charge on any atom is -0.344 e. The van der Waals surface area contributed by atoms with Gasteiger partial charge in [-0.3, -0.25) is 4.79 Å². The van der Waals surface area contributed by atoms with Crippen molar-refractivity contribution >= 4 is 6.41 Å². The highest BCUT2D eigenvalue weighted by molar-refractivity contribution is 5.47. The van der Waals surface area contributed by atoms with Crippen LogP contribution < -0.4 is 5.73 Å². The van der Waals surface area contributed by atoms with E-state index in [1.165, 1.54) is 0 Å².